The molecule has 152 valence electrons. The van der Waals surface area contributed by atoms with Gasteiger partial charge in [0.05, 0.1) is 11.6 Å². The number of nitrogens with zero attached hydrogens (tertiary/aromatic N) is 4. The van der Waals surface area contributed by atoms with Crippen LogP contribution in [0.5, 0.6) is 0 Å². The summed E-state index contributed by atoms with van der Waals surface area (Å²) >= 11 is 0. The van der Waals surface area contributed by atoms with E-state index in [2.05, 4.69) is 50.6 Å². The quantitative estimate of drug-likeness (QED) is 0.809. The van der Waals surface area contributed by atoms with Crippen molar-refractivity contribution in [1.29, 1.82) is 0 Å². The minimum Gasteiger partial charge on any atom is -0.393 e. The maximum atomic E-state index is 9.80. The van der Waals surface area contributed by atoms with E-state index in [1.165, 1.54) is 5.70 Å². The molecule has 1 aromatic heterocycles. The molecule has 5 heteroatoms. The number of anilines is 1. The fourth-order valence-corrected chi connectivity index (χ4v) is 5.39. The molecular formula is C24H30N4O. The molecule has 1 saturated heterocycles. The number of aliphatic hydroxyl groups excluding tert-OH is 1. The summed E-state index contributed by atoms with van der Waals surface area (Å²) in [4.78, 5) is 14.0. The Hall–Kier alpha value is -2.40. The highest BCUT2D eigenvalue weighted by Gasteiger charge is 2.43. The molecule has 1 atom stereocenters. The van der Waals surface area contributed by atoms with E-state index in [1.54, 1.807) is 6.33 Å². The number of benzene rings is 1. The Labute approximate surface area is 172 Å². The maximum absolute atomic E-state index is 9.80. The number of hydrogen-bond acceptors (Lipinski definition) is 5. The molecule has 3 heterocycles. The Balaban J connectivity index is 1.34. The first kappa shape index (κ1) is 18.6. The highest BCUT2D eigenvalue weighted by molar-refractivity contribution is 5.89. The summed E-state index contributed by atoms with van der Waals surface area (Å²) in [5.74, 6) is 1.70. The van der Waals surface area contributed by atoms with E-state index < -0.39 is 0 Å². The van der Waals surface area contributed by atoms with E-state index in [-0.39, 0.29) is 11.5 Å². The molecule has 1 N–H and O–H groups in total. The molecule has 1 saturated carbocycles. The molecule has 29 heavy (non-hydrogen) atoms. The van der Waals surface area contributed by atoms with Crippen LogP contribution in [0.1, 0.15) is 32.1 Å². The Bertz CT molecular complexity index is 928. The zero-order chi connectivity index (χ0) is 19.8. The van der Waals surface area contributed by atoms with Crippen molar-refractivity contribution >= 4 is 16.7 Å². The van der Waals surface area contributed by atoms with Gasteiger partial charge in [0.15, 0.2) is 0 Å². The number of aromatic nitrogens is 2. The second-order valence-electron chi connectivity index (χ2n) is 8.97. The van der Waals surface area contributed by atoms with E-state index in [0.717, 1.165) is 75.0 Å². The molecule has 5 rings (SSSR count). The Morgan fingerprint density at radius 2 is 1.97 bits per heavy atom. The van der Waals surface area contributed by atoms with Crippen LogP contribution in [0.4, 0.5) is 5.82 Å². The Morgan fingerprint density at radius 3 is 2.83 bits per heavy atom. The van der Waals surface area contributed by atoms with Crippen LogP contribution < -0.4 is 4.90 Å². The third-order valence-corrected chi connectivity index (χ3v) is 7.14. The first-order valence-corrected chi connectivity index (χ1v) is 10.9. The molecule has 2 aromatic rings. The SMILES string of the molecule is C=C1N(CC2CCC(O)CC2)CC[C@@]12C=CCN(c1ncnc3ccccc13)C2. The van der Waals surface area contributed by atoms with Crippen molar-refractivity contribution in [3.63, 3.8) is 0 Å². The van der Waals surface area contributed by atoms with E-state index in [9.17, 15) is 5.11 Å². The molecule has 5 nitrogen and oxygen atoms in total. The molecule has 0 radical (unpaired) electrons. The number of aliphatic hydroxyl groups is 1. The van der Waals surface area contributed by atoms with Crippen LogP contribution in [0.2, 0.25) is 0 Å². The number of para-hydroxylation sites is 1. The summed E-state index contributed by atoms with van der Waals surface area (Å²) in [6.07, 6.45) is 11.5. The lowest BCUT2D eigenvalue weighted by atomic mass is 9.81. The summed E-state index contributed by atoms with van der Waals surface area (Å²) in [6, 6.07) is 8.25. The molecular weight excluding hydrogens is 360 g/mol. The van der Waals surface area contributed by atoms with Gasteiger partial charge in [-0.05, 0) is 50.2 Å². The van der Waals surface area contributed by atoms with Gasteiger partial charge >= 0.3 is 0 Å². The van der Waals surface area contributed by atoms with E-state index in [1.807, 2.05) is 12.1 Å². The van der Waals surface area contributed by atoms with E-state index >= 15 is 0 Å². The van der Waals surface area contributed by atoms with Gasteiger partial charge in [-0.2, -0.15) is 0 Å². The fourth-order valence-electron chi connectivity index (χ4n) is 5.39. The summed E-state index contributed by atoms with van der Waals surface area (Å²) in [7, 11) is 0. The molecule has 1 aromatic carbocycles. The van der Waals surface area contributed by atoms with Crippen LogP contribution in [0, 0.1) is 11.3 Å². The van der Waals surface area contributed by atoms with Crippen molar-refractivity contribution in [3.05, 3.63) is 55.0 Å². The van der Waals surface area contributed by atoms with Crippen molar-refractivity contribution in [2.75, 3.05) is 31.1 Å². The molecule has 0 unspecified atom stereocenters. The smallest absolute Gasteiger partial charge is 0.140 e. The summed E-state index contributed by atoms with van der Waals surface area (Å²) < 4.78 is 0. The predicted octanol–water partition coefficient (Wildman–Crippen LogP) is 3.76. The van der Waals surface area contributed by atoms with Crippen LogP contribution in [-0.2, 0) is 0 Å². The van der Waals surface area contributed by atoms with E-state index in [4.69, 9.17) is 0 Å². The van der Waals surface area contributed by atoms with Crippen molar-refractivity contribution in [2.24, 2.45) is 11.3 Å². The lowest BCUT2D eigenvalue weighted by Crippen LogP contribution is -2.41. The molecule has 0 amide bonds. The second-order valence-corrected chi connectivity index (χ2v) is 8.97. The fraction of sp³-hybridized carbons (Fsp3) is 0.500. The van der Waals surface area contributed by atoms with Crippen molar-refractivity contribution < 1.29 is 5.11 Å². The third kappa shape index (κ3) is 3.42. The Kier molecular flexibility index (Phi) is 4.78. The third-order valence-electron chi connectivity index (χ3n) is 7.14. The number of rotatable bonds is 3. The van der Waals surface area contributed by atoms with Gasteiger partial charge in [0.1, 0.15) is 12.1 Å². The largest absolute Gasteiger partial charge is 0.393 e. The number of likely N-dealkylation sites (tertiary alicyclic amines) is 1. The van der Waals surface area contributed by atoms with Gasteiger partial charge in [-0.3, -0.25) is 0 Å². The number of hydrogen-bond donors (Lipinski definition) is 1. The average molecular weight is 391 g/mol. The molecule has 2 aliphatic heterocycles. The van der Waals surface area contributed by atoms with Crippen molar-refractivity contribution in [1.82, 2.24) is 14.9 Å². The molecule has 1 aliphatic carbocycles. The summed E-state index contributed by atoms with van der Waals surface area (Å²) in [5.41, 5.74) is 2.24. The Morgan fingerprint density at radius 1 is 1.14 bits per heavy atom. The maximum Gasteiger partial charge on any atom is 0.140 e. The topological polar surface area (TPSA) is 52.5 Å². The standard InChI is InChI=1S/C24H30N4O/c1-18-24(12-14-27(18)15-19-7-9-20(29)10-8-19)11-4-13-28(16-24)23-21-5-2-3-6-22(21)25-17-26-23/h2-6,11,17,19-20,29H,1,7-10,12-16H2/t19?,20?,24-/m1/s1. The predicted molar refractivity (Wildman–Crippen MR) is 117 cm³/mol. The van der Waals surface area contributed by atoms with Crippen LogP contribution in [-0.4, -0.2) is 52.3 Å². The highest BCUT2D eigenvalue weighted by atomic mass is 16.3. The average Bonchev–Trinajstić information content (AvgIpc) is 3.04. The van der Waals surface area contributed by atoms with Crippen LogP contribution in [0.3, 0.4) is 0 Å². The van der Waals surface area contributed by atoms with Gasteiger partial charge in [-0.25, -0.2) is 9.97 Å². The van der Waals surface area contributed by atoms with Gasteiger partial charge in [0.25, 0.3) is 0 Å². The van der Waals surface area contributed by atoms with Crippen molar-refractivity contribution in [2.45, 2.75) is 38.2 Å². The minimum atomic E-state index is -0.0862. The molecule has 2 fully saturated rings. The monoisotopic (exact) mass is 390 g/mol. The molecule has 1 spiro atoms. The molecule has 0 bridgehead atoms. The first-order chi connectivity index (χ1) is 14.1. The first-order valence-electron chi connectivity index (χ1n) is 10.9. The van der Waals surface area contributed by atoms with Crippen LogP contribution >= 0.6 is 0 Å². The zero-order valence-electron chi connectivity index (χ0n) is 17.0. The van der Waals surface area contributed by atoms with Gasteiger partial charge in [-0.1, -0.05) is 30.9 Å². The molecule has 3 aliphatic rings. The highest BCUT2D eigenvalue weighted by Crippen LogP contribution is 2.45. The van der Waals surface area contributed by atoms with Gasteiger partial charge in [0.2, 0.25) is 0 Å². The lowest BCUT2D eigenvalue weighted by molar-refractivity contribution is 0.1000. The normalized spacial score (nSPS) is 29.9. The second kappa shape index (κ2) is 7.45. The van der Waals surface area contributed by atoms with Crippen molar-refractivity contribution in [3.8, 4) is 0 Å². The van der Waals surface area contributed by atoms with Crippen LogP contribution in [0.25, 0.3) is 10.9 Å². The van der Waals surface area contributed by atoms with Gasteiger partial charge in [-0.15, -0.1) is 0 Å². The summed E-state index contributed by atoms with van der Waals surface area (Å²) in [6.45, 7) is 8.49. The zero-order valence-corrected chi connectivity index (χ0v) is 17.0. The van der Waals surface area contributed by atoms with Gasteiger partial charge in [0, 0.05) is 42.7 Å². The minimum absolute atomic E-state index is 0.00150. The van der Waals surface area contributed by atoms with Crippen LogP contribution in [0.15, 0.2) is 55.0 Å². The summed E-state index contributed by atoms with van der Waals surface area (Å²) in [5, 5.41) is 10.9. The number of fused-ring (bicyclic) bond motifs is 1. The lowest BCUT2D eigenvalue weighted by Gasteiger charge is -2.39. The van der Waals surface area contributed by atoms with E-state index in [0.29, 0.717) is 5.92 Å². The van der Waals surface area contributed by atoms with Gasteiger partial charge < -0.3 is 14.9 Å².